The standard InChI is InChI=1S/C13H24N2O4/c1-4-6-10(13(17)19-5-2)15-7-8-18-9-11(15)12(16)14-3/h10-11H,4-9H2,1-3H3,(H,14,16). The molecule has 0 aromatic carbocycles. The molecule has 0 bridgehead atoms. The van der Waals surface area contributed by atoms with Crippen molar-refractivity contribution < 1.29 is 19.1 Å². The Kier molecular flexibility index (Phi) is 6.80. The van der Waals surface area contributed by atoms with E-state index in [9.17, 15) is 9.59 Å². The van der Waals surface area contributed by atoms with E-state index >= 15 is 0 Å². The minimum absolute atomic E-state index is 0.120. The van der Waals surface area contributed by atoms with Crippen LogP contribution < -0.4 is 5.32 Å². The van der Waals surface area contributed by atoms with E-state index in [2.05, 4.69) is 5.32 Å². The number of carbonyl (C=O) groups is 2. The minimum Gasteiger partial charge on any atom is -0.465 e. The van der Waals surface area contributed by atoms with E-state index in [-0.39, 0.29) is 17.9 Å². The number of rotatable bonds is 6. The molecule has 0 radical (unpaired) electrons. The predicted molar refractivity (Wildman–Crippen MR) is 70.7 cm³/mol. The van der Waals surface area contributed by atoms with Crippen molar-refractivity contribution in [1.29, 1.82) is 0 Å². The van der Waals surface area contributed by atoms with Gasteiger partial charge in [0, 0.05) is 13.6 Å². The number of amides is 1. The quantitative estimate of drug-likeness (QED) is 0.698. The van der Waals surface area contributed by atoms with Gasteiger partial charge < -0.3 is 14.8 Å². The summed E-state index contributed by atoms with van der Waals surface area (Å²) in [4.78, 5) is 25.8. The van der Waals surface area contributed by atoms with Gasteiger partial charge in [-0.15, -0.1) is 0 Å². The maximum absolute atomic E-state index is 12.1. The van der Waals surface area contributed by atoms with Crippen molar-refractivity contribution in [2.45, 2.75) is 38.8 Å². The van der Waals surface area contributed by atoms with E-state index in [4.69, 9.17) is 9.47 Å². The smallest absolute Gasteiger partial charge is 0.323 e. The molecule has 110 valence electrons. The van der Waals surface area contributed by atoms with Crippen LogP contribution in [0.15, 0.2) is 0 Å². The summed E-state index contributed by atoms with van der Waals surface area (Å²) in [5.41, 5.74) is 0. The summed E-state index contributed by atoms with van der Waals surface area (Å²) < 4.78 is 10.5. The van der Waals surface area contributed by atoms with E-state index in [0.29, 0.717) is 32.8 Å². The number of nitrogens with zero attached hydrogens (tertiary/aromatic N) is 1. The molecule has 0 saturated carbocycles. The molecule has 1 aliphatic heterocycles. The third kappa shape index (κ3) is 4.18. The monoisotopic (exact) mass is 272 g/mol. The molecule has 0 aromatic rings. The summed E-state index contributed by atoms with van der Waals surface area (Å²) in [6, 6.07) is -0.782. The molecule has 1 N–H and O–H groups in total. The molecule has 1 amide bonds. The van der Waals surface area contributed by atoms with Crippen LogP contribution in [0.2, 0.25) is 0 Å². The fraction of sp³-hybridized carbons (Fsp3) is 0.846. The van der Waals surface area contributed by atoms with Crippen molar-refractivity contribution in [2.75, 3.05) is 33.4 Å². The molecule has 19 heavy (non-hydrogen) atoms. The molecule has 6 nitrogen and oxygen atoms in total. The van der Waals surface area contributed by atoms with Gasteiger partial charge in [0.25, 0.3) is 0 Å². The first-order chi connectivity index (χ1) is 9.15. The second-order valence-corrected chi connectivity index (χ2v) is 4.50. The van der Waals surface area contributed by atoms with Crippen LogP contribution in [0.25, 0.3) is 0 Å². The van der Waals surface area contributed by atoms with Crippen LogP contribution in [-0.2, 0) is 19.1 Å². The number of ether oxygens (including phenoxy) is 2. The molecular formula is C13H24N2O4. The zero-order valence-corrected chi connectivity index (χ0v) is 12.0. The van der Waals surface area contributed by atoms with Crippen molar-refractivity contribution in [3.8, 4) is 0 Å². The number of carbonyl (C=O) groups excluding carboxylic acids is 2. The van der Waals surface area contributed by atoms with E-state index in [1.807, 2.05) is 11.8 Å². The van der Waals surface area contributed by atoms with Gasteiger partial charge in [-0.2, -0.15) is 0 Å². The lowest BCUT2D eigenvalue weighted by Crippen LogP contribution is -2.58. The van der Waals surface area contributed by atoms with Gasteiger partial charge in [0.1, 0.15) is 12.1 Å². The maximum atomic E-state index is 12.1. The van der Waals surface area contributed by atoms with Crippen LogP contribution in [0.5, 0.6) is 0 Å². The Morgan fingerprint density at radius 3 is 2.79 bits per heavy atom. The molecule has 1 saturated heterocycles. The summed E-state index contributed by atoms with van der Waals surface area (Å²) in [6.45, 7) is 5.58. The van der Waals surface area contributed by atoms with Crippen LogP contribution >= 0.6 is 0 Å². The van der Waals surface area contributed by atoms with Gasteiger partial charge in [-0.25, -0.2) is 0 Å². The summed E-state index contributed by atoms with van der Waals surface area (Å²) in [5.74, 6) is -0.370. The van der Waals surface area contributed by atoms with Gasteiger partial charge in [-0.1, -0.05) is 13.3 Å². The molecule has 1 fully saturated rings. The normalized spacial score (nSPS) is 21.7. The molecular weight excluding hydrogens is 248 g/mol. The van der Waals surface area contributed by atoms with E-state index in [1.54, 1.807) is 14.0 Å². The van der Waals surface area contributed by atoms with Gasteiger partial charge >= 0.3 is 5.97 Å². The number of likely N-dealkylation sites (N-methyl/N-ethyl adjacent to an activating group) is 1. The van der Waals surface area contributed by atoms with Crippen LogP contribution in [0.3, 0.4) is 0 Å². The number of morpholine rings is 1. The SMILES string of the molecule is CCCC(C(=O)OCC)N1CCOCC1C(=O)NC. The minimum atomic E-state index is -0.417. The van der Waals surface area contributed by atoms with Crippen LogP contribution in [0, 0.1) is 0 Å². The highest BCUT2D eigenvalue weighted by Crippen LogP contribution is 2.17. The van der Waals surface area contributed by atoms with Crippen LogP contribution in [-0.4, -0.2) is 62.3 Å². The Hall–Kier alpha value is -1.14. The van der Waals surface area contributed by atoms with Crippen molar-refractivity contribution in [1.82, 2.24) is 10.2 Å². The lowest BCUT2D eigenvalue weighted by molar-refractivity contribution is -0.156. The highest BCUT2D eigenvalue weighted by atomic mass is 16.5. The number of hydrogen-bond donors (Lipinski definition) is 1. The second-order valence-electron chi connectivity index (χ2n) is 4.50. The fourth-order valence-electron chi connectivity index (χ4n) is 2.31. The molecule has 0 aromatic heterocycles. The second kappa shape index (κ2) is 8.12. The molecule has 1 heterocycles. The molecule has 2 atom stereocenters. The predicted octanol–water partition coefficient (Wildman–Crippen LogP) is 0.165. The molecule has 0 spiro atoms. The maximum Gasteiger partial charge on any atom is 0.323 e. The molecule has 1 aliphatic rings. The average Bonchev–Trinajstić information content (AvgIpc) is 2.44. The number of hydrogen-bond acceptors (Lipinski definition) is 5. The van der Waals surface area contributed by atoms with Gasteiger partial charge in [0.15, 0.2) is 0 Å². The first-order valence-electron chi connectivity index (χ1n) is 6.87. The summed E-state index contributed by atoms with van der Waals surface area (Å²) in [7, 11) is 1.59. The summed E-state index contributed by atoms with van der Waals surface area (Å²) in [5, 5.41) is 2.62. The Morgan fingerprint density at radius 2 is 2.21 bits per heavy atom. The molecule has 0 aliphatic carbocycles. The highest BCUT2D eigenvalue weighted by Gasteiger charge is 2.37. The number of nitrogens with one attached hydrogen (secondary N) is 1. The van der Waals surface area contributed by atoms with Crippen molar-refractivity contribution in [3.63, 3.8) is 0 Å². The third-order valence-corrected chi connectivity index (χ3v) is 3.24. The van der Waals surface area contributed by atoms with Crippen LogP contribution in [0.1, 0.15) is 26.7 Å². The third-order valence-electron chi connectivity index (χ3n) is 3.24. The fourth-order valence-corrected chi connectivity index (χ4v) is 2.31. The first-order valence-corrected chi connectivity index (χ1v) is 6.87. The Labute approximate surface area is 114 Å². The van der Waals surface area contributed by atoms with Crippen LogP contribution in [0.4, 0.5) is 0 Å². The lowest BCUT2D eigenvalue weighted by atomic mass is 10.1. The number of esters is 1. The molecule has 2 unspecified atom stereocenters. The van der Waals surface area contributed by atoms with Gasteiger partial charge in [-0.3, -0.25) is 14.5 Å². The summed E-state index contributed by atoms with van der Waals surface area (Å²) in [6.07, 6.45) is 1.55. The van der Waals surface area contributed by atoms with Crippen molar-refractivity contribution >= 4 is 11.9 Å². The zero-order valence-electron chi connectivity index (χ0n) is 12.0. The first kappa shape index (κ1) is 15.9. The Bertz CT molecular complexity index is 309. The van der Waals surface area contributed by atoms with Crippen molar-refractivity contribution in [3.05, 3.63) is 0 Å². The van der Waals surface area contributed by atoms with Crippen molar-refractivity contribution in [2.24, 2.45) is 0 Å². The Morgan fingerprint density at radius 1 is 1.47 bits per heavy atom. The zero-order chi connectivity index (χ0) is 14.3. The van der Waals surface area contributed by atoms with Gasteiger partial charge in [0.2, 0.25) is 5.91 Å². The lowest BCUT2D eigenvalue weighted by Gasteiger charge is -2.38. The Balaban J connectivity index is 2.83. The van der Waals surface area contributed by atoms with Gasteiger partial charge in [0.05, 0.1) is 19.8 Å². The highest BCUT2D eigenvalue weighted by molar-refractivity contribution is 5.83. The van der Waals surface area contributed by atoms with Gasteiger partial charge in [-0.05, 0) is 13.3 Å². The van der Waals surface area contributed by atoms with E-state index < -0.39 is 6.04 Å². The molecule has 6 heteroatoms. The largest absolute Gasteiger partial charge is 0.465 e. The molecule has 1 rings (SSSR count). The topological polar surface area (TPSA) is 67.9 Å². The van der Waals surface area contributed by atoms with E-state index in [1.165, 1.54) is 0 Å². The van der Waals surface area contributed by atoms with E-state index in [0.717, 1.165) is 6.42 Å². The average molecular weight is 272 g/mol. The summed E-state index contributed by atoms with van der Waals surface area (Å²) >= 11 is 0.